The summed E-state index contributed by atoms with van der Waals surface area (Å²) in [7, 11) is 0. The first-order valence-electron chi connectivity index (χ1n) is 11.2. The number of hydrogen-bond acceptors (Lipinski definition) is 4. The van der Waals surface area contributed by atoms with Gasteiger partial charge in [0.1, 0.15) is 11.3 Å². The number of ether oxygens (including phenoxy) is 1. The fourth-order valence-corrected chi connectivity index (χ4v) is 4.42. The highest BCUT2D eigenvalue weighted by Gasteiger charge is 2.39. The molecule has 192 valence electrons. The van der Waals surface area contributed by atoms with Gasteiger partial charge in [0.05, 0.1) is 21.7 Å². The van der Waals surface area contributed by atoms with Crippen molar-refractivity contribution in [3.8, 4) is 16.9 Å². The van der Waals surface area contributed by atoms with E-state index in [1.54, 1.807) is 42.5 Å². The SMILES string of the molecule is O=C(COc1ccc2c(=O)c(-c3cccc4ccccc34)c(C(F)(F)F)oc2c1)Nc1cc(Cl)ccc1Cl. The third kappa shape index (κ3) is 5.05. The van der Waals surface area contributed by atoms with E-state index in [1.807, 2.05) is 0 Å². The van der Waals surface area contributed by atoms with Gasteiger partial charge in [-0.25, -0.2) is 0 Å². The zero-order valence-electron chi connectivity index (χ0n) is 19.2. The average Bonchev–Trinajstić information content (AvgIpc) is 2.88. The van der Waals surface area contributed by atoms with E-state index in [0.29, 0.717) is 15.8 Å². The van der Waals surface area contributed by atoms with E-state index in [9.17, 15) is 22.8 Å². The Morgan fingerprint density at radius 2 is 1.68 bits per heavy atom. The van der Waals surface area contributed by atoms with Gasteiger partial charge in [0.2, 0.25) is 11.2 Å². The summed E-state index contributed by atoms with van der Waals surface area (Å²) in [6, 6.07) is 19.9. The summed E-state index contributed by atoms with van der Waals surface area (Å²) < 4.78 is 53.1. The molecular formula is C28H16Cl2F3NO4. The van der Waals surface area contributed by atoms with Crippen LogP contribution in [0.2, 0.25) is 10.0 Å². The van der Waals surface area contributed by atoms with Gasteiger partial charge in [-0.1, -0.05) is 65.7 Å². The lowest BCUT2D eigenvalue weighted by Gasteiger charge is -2.15. The van der Waals surface area contributed by atoms with Crippen LogP contribution in [0.5, 0.6) is 5.75 Å². The standard InChI is InChI=1S/C28H16Cl2F3NO4/c29-16-8-11-21(30)22(12-16)34-24(35)14-37-17-9-10-20-23(13-17)38-27(28(31,32)33)25(26(20)36)19-7-3-5-15-4-1-2-6-18(15)19/h1-13H,14H2,(H,34,35). The molecule has 0 aliphatic heterocycles. The van der Waals surface area contributed by atoms with Gasteiger partial charge in [0, 0.05) is 11.1 Å². The van der Waals surface area contributed by atoms with Crippen LogP contribution in [-0.2, 0) is 11.0 Å². The van der Waals surface area contributed by atoms with E-state index in [0.717, 1.165) is 6.07 Å². The highest BCUT2D eigenvalue weighted by Crippen LogP contribution is 2.40. The zero-order chi connectivity index (χ0) is 27.0. The molecule has 0 aliphatic rings. The number of anilines is 1. The molecule has 0 bridgehead atoms. The summed E-state index contributed by atoms with van der Waals surface area (Å²) in [5.74, 6) is -1.98. The van der Waals surface area contributed by atoms with Gasteiger partial charge in [-0.05, 0) is 46.7 Å². The molecule has 5 rings (SSSR count). The highest BCUT2D eigenvalue weighted by atomic mass is 35.5. The van der Waals surface area contributed by atoms with Crippen LogP contribution >= 0.6 is 23.2 Å². The number of carbonyl (C=O) groups excluding carboxylic acids is 1. The van der Waals surface area contributed by atoms with Crippen LogP contribution in [0.1, 0.15) is 5.76 Å². The first-order valence-corrected chi connectivity index (χ1v) is 11.9. The molecule has 0 aliphatic carbocycles. The van der Waals surface area contributed by atoms with Gasteiger partial charge in [-0.3, -0.25) is 9.59 Å². The summed E-state index contributed by atoms with van der Waals surface area (Å²) in [4.78, 5) is 25.7. The maximum Gasteiger partial charge on any atom is 0.450 e. The normalized spacial score (nSPS) is 11.6. The Bertz CT molecular complexity index is 1760. The number of benzene rings is 4. The van der Waals surface area contributed by atoms with Crippen LogP contribution < -0.4 is 15.5 Å². The maximum absolute atomic E-state index is 14.1. The van der Waals surface area contributed by atoms with Crippen LogP contribution in [0.3, 0.4) is 0 Å². The summed E-state index contributed by atoms with van der Waals surface area (Å²) in [6.45, 7) is -0.487. The molecule has 1 amide bonds. The van der Waals surface area contributed by atoms with Gasteiger partial charge in [-0.15, -0.1) is 0 Å². The first-order chi connectivity index (χ1) is 18.1. The van der Waals surface area contributed by atoms with Crippen LogP contribution in [-0.4, -0.2) is 12.5 Å². The van der Waals surface area contributed by atoms with Gasteiger partial charge in [-0.2, -0.15) is 13.2 Å². The lowest BCUT2D eigenvalue weighted by molar-refractivity contribution is -0.152. The predicted molar refractivity (Wildman–Crippen MR) is 141 cm³/mol. The molecule has 0 saturated heterocycles. The molecule has 1 aromatic heterocycles. The lowest BCUT2D eigenvalue weighted by atomic mass is 9.96. The molecule has 10 heteroatoms. The number of alkyl halides is 3. The van der Waals surface area contributed by atoms with Crippen molar-refractivity contribution < 1.29 is 27.1 Å². The minimum absolute atomic E-state index is 0.0269. The Kier molecular flexibility index (Phi) is 6.77. The van der Waals surface area contributed by atoms with Crippen molar-refractivity contribution in [3.05, 3.63) is 105 Å². The first kappa shape index (κ1) is 25.6. The Hall–Kier alpha value is -4.01. The van der Waals surface area contributed by atoms with Crippen molar-refractivity contribution in [1.82, 2.24) is 0 Å². The van der Waals surface area contributed by atoms with E-state index in [2.05, 4.69) is 5.32 Å². The molecule has 1 N–H and O–H groups in total. The molecule has 0 radical (unpaired) electrons. The van der Waals surface area contributed by atoms with Crippen molar-refractivity contribution in [2.75, 3.05) is 11.9 Å². The molecule has 5 nitrogen and oxygen atoms in total. The molecule has 38 heavy (non-hydrogen) atoms. The van der Waals surface area contributed by atoms with Gasteiger partial charge < -0.3 is 14.5 Å². The van der Waals surface area contributed by atoms with Crippen molar-refractivity contribution in [2.45, 2.75) is 6.18 Å². The summed E-state index contributed by atoms with van der Waals surface area (Å²) >= 11 is 11.9. The van der Waals surface area contributed by atoms with Crippen LogP contribution in [0.15, 0.2) is 88.1 Å². The third-order valence-electron chi connectivity index (χ3n) is 5.75. The summed E-state index contributed by atoms with van der Waals surface area (Å²) in [5, 5.41) is 4.25. The van der Waals surface area contributed by atoms with Gasteiger partial charge >= 0.3 is 6.18 Å². The van der Waals surface area contributed by atoms with E-state index < -0.39 is 35.4 Å². The predicted octanol–water partition coefficient (Wildman–Crippen LogP) is 7.96. The van der Waals surface area contributed by atoms with Crippen LogP contribution in [0, 0.1) is 0 Å². The molecule has 0 spiro atoms. The van der Waals surface area contributed by atoms with Crippen molar-refractivity contribution >= 4 is 56.5 Å². The molecule has 0 atom stereocenters. The Morgan fingerprint density at radius 3 is 2.47 bits per heavy atom. The molecule has 0 saturated carbocycles. The van der Waals surface area contributed by atoms with Crippen molar-refractivity contribution in [2.24, 2.45) is 0 Å². The largest absolute Gasteiger partial charge is 0.484 e. The van der Waals surface area contributed by atoms with Crippen molar-refractivity contribution in [1.29, 1.82) is 0 Å². The quantitative estimate of drug-likeness (QED) is 0.238. The van der Waals surface area contributed by atoms with E-state index >= 15 is 0 Å². The van der Waals surface area contributed by atoms with Crippen LogP contribution in [0.25, 0.3) is 32.9 Å². The number of nitrogens with one attached hydrogen (secondary N) is 1. The minimum Gasteiger partial charge on any atom is -0.484 e. The molecule has 5 aromatic rings. The van der Waals surface area contributed by atoms with Crippen molar-refractivity contribution in [3.63, 3.8) is 0 Å². The van der Waals surface area contributed by atoms with E-state index in [-0.39, 0.29) is 33.0 Å². The Labute approximate surface area is 223 Å². The minimum atomic E-state index is -4.95. The number of halogens is 5. The van der Waals surface area contributed by atoms with Gasteiger partial charge in [0.25, 0.3) is 5.91 Å². The second-order valence-electron chi connectivity index (χ2n) is 8.28. The number of fused-ring (bicyclic) bond motifs is 2. The Balaban J connectivity index is 1.51. The maximum atomic E-state index is 14.1. The van der Waals surface area contributed by atoms with E-state index in [4.69, 9.17) is 32.4 Å². The smallest absolute Gasteiger partial charge is 0.450 e. The summed E-state index contributed by atoms with van der Waals surface area (Å²) in [6.07, 6.45) is -4.95. The summed E-state index contributed by atoms with van der Waals surface area (Å²) in [5.41, 5.74) is -1.36. The molecule has 0 fully saturated rings. The highest BCUT2D eigenvalue weighted by molar-refractivity contribution is 6.35. The lowest BCUT2D eigenvalue weighted by Crippen LogP contribution is -2.20. The van der Waals surface area contributed by atoms with E-state index in [1.165, 1.54) is 30.3 Å². The number of rotatable bonds is 5. The second kappa shape index (κ2) is 10.0. The number of amides is 1. The zero-order valence-corrected chi connectivity index (χ0v) is 20.7. The van der Waals surface area contributed by atoms with Crippen LogP contribution in [0.4, 0.5) is 18.9 Å². The molecule has 1 heterocycles. The topological polar surface area (TPSA) is 68.5 Å². The Morgan fingerprint density at radius 1 is 0.921 bits per heavy atom. The fourth-order valence-electron chi connectivity index (χ4n) is 4.08. The number of hydrogen-bond donors (Lipinski definition) is 1. The second-order valence-corrected chi connectivity index (χ2v) is 9.12. The van der Waals surface area contributed by atoms with Gasteiger partial charge in [0.15, 0.2) is 6.61 Å². The average molecular weight is 558 g/mol. The third-order valence-corrected chi connectivity index (χ3v) is 6.32. The monoisotopic (exact) mass is 557 g/mol. The number of carbonyl (C=O) groups is 1. The molecule has 0 unspecified atom stereocenters. The fraction of sp³-hybridized carbons (Fsp3) is 0.0714. The molecular weight excluding hydrogens is 542 g/mol. The molecule has 4 aromatic carbocycles.